The van der Waals surface area contributed by atoms with Crippen molar-refractivity contribution in [3.05, 3.63) is 0 Å². The molecular formula is C8H20O12Ti. The van der Waals surface area contributed by atoms with Gasteiger partial charge in [-0.1, -0.05) is 0 Å². The van der Waals surface area contributed by atoms with Crippen LogP contribution in [-0.2, 0) is 40.9 Å². The molecule has 0 rings (SSSR count). The monoisotopic (exact) mass is 356 g/mol. The van der Waals surface area contributed by atoms with Gasteiger partial charge in [0, 0.05) is 23.9 Å². The fourth-order valence-electron chi connectivity index (χ4n) is 0. The molecule has 0 atom stereocenters. The van der Waals surface area contributed by atoms with E-state index in [1.165, 1.54) is 0 Å². The van der Waals surface area contributed by atoms with E-state index in [0.29, 0.717) is 0 Å². The van der Waals surface area contributed by atoms with Crippen molar-refractivity contribution in [2.24, 2.45) is 0 Å². The fraction of sp³-hybridized carbons (Fsp3) is 0.500. The van der Waals surface area contributed by atoms with Crippen LogP contribution >= 0.6 is 0 Å². The molecule has 0 amide bonds. The Bertz CT molecular complexity index is 165. The third-order valence-electron chi connectivity index (χ3n) is 0. The first-order valence-electron chi connectivity index (χ1n) is 3.63. The second-order valence-electron chi connectivity index (χ2n) is 1.97. The number of hydrogen-bond donors (Lipinski definition) is 0. The van der Waals surface area contributed by atoms with E-state index in [1.54, 1.807) is 0 Å². The Morgan fingerprint density at radius 1 is 0.476 bits per heavy atom. The minimum atomic E-state index is -1.08. The van der Waals surface area contributed by atoms with E-state index >= 15 is 0 Å². The second-order valence-corrected chi connectivity index (χ2v) is 1.97. The maximum absolute atomic E-state index is 8.89. The smallest absolute Gasteiger partial charge is 0.550 e. The summed E-state index contributed by atoms with van der Waals surface area (Å²) in [5.74, 6) is -4.33. The fourth-order valence-corrected chi connectivity index (χ4v) is 0. The number of rotatable bonds is 0. The van der Waals surface area contributed by atoms with Crippen LogP contribution in [0.2, 0.25) is 0 Å². The number of aliphatic carboxylic acids is 4. The summed E-state index contributed by atoms with van der Waals surface area (Å²) >= 11 is 0. The summed E-state index contributed by atoms with van der Waals surface area (Å²) in [4.78, 5) is 35.6. The molecule has 21 heavy (non-hydrogen) atoms. The molecule has 13 heteroatoms. The molecule has 0 saturated carbocycles. The average Bonchev–Trinajstić information content (AvgIpc) is 1.76. The van der Waals surface area contributed by atoms with Gasteiger partial charge in [0.05, 0.1) is 0 Å². The number of carboxylic acid groups (broad SMARTS) is 4. The van der Waals surface area contributed by atoms with Gasteiger partial charge >= 0.3 is 21.7 Å². The Morgan fingerprint density at radius 2 is 0.476 bits per heavy atom. The maximum Gasteiger partial charge on any atom is 4.00 e. The Balaban J connectivity index is -0.0000000121. The molecule has 0 aromatic heterocycles. The van der Waals surface area contributed by atoms with Gasteiger partial charge < -0.3 is 61.5 Å². The molecule has 0 aliphatic rings. The zero-order valence-corrected chi connectivity index (χ0v) is 13.3. The summed E-state index contributed by atoms with van der Waals surface area (Å²) in [6, 6.07) is 0. The average molecular weight is 356 g/mol. The van der Waals surface area contributed by atoms with Gasteiger partial charge in [0.2, 0.25) is 0 Å². The van der Waals surface area contributed by atoms with Gasteiger partial charge in [0.1, 0.15) is 0 Å². The van der Waals surface area contributed by atoms with Crippen LogP contribution in [0.3, 0.4) is 0 Å². The molecule has 0 radical (unpaired) electrons. The first-order chi connectivity index (χ1) is 6.93. The van der Waals surface area contributed by atoms with Crippen molar-refractivity contribution in [3.8, 4) is 0 Å². The van der Waals surface area contributed by atoms with Gasteiger partial charge in [-0.2, -0.15) is 0 Å². The number of hydrogen-bond acceptors (Lipinski definition) is 8. The largest absolute Gasteiger partial charge is 4.00 e. The van der Waals surface area contributed by atoms with Crippen LogP contribution in [0.25, 0.3) is 0 Å². The van der Waals surface area contributed by atoms with Crippen molar-refractivity contribution in [1.29, 1.82) is 0 Å². The molecule has 0 fully saturated rings. The van der Waals surface area contributed by atoms with Crippen molar-refractivity contribution in [3.63, 3.8) is 0 Å². The topological polar surface area (TPSA) is 287 Å². The van der Waals surface area contributed by atoms with Gasteiger partial charge in [0.15, 0.2) is 0 Å². The molecule has 0 unspecified atom stereocenters. The number of carboxylic acids is 4. The van der Waals surface area contributed by atoms with Crippen molar-refractivity contribution < 1.29 is 83.2 Å². The Labute approximate surface area is 135 Å². The first-order valence-corrected chi connectivity index (χ1v) is 3.63. The third-order valence-corrected chi connectivity index (χ3v) is 0. The number of carbonyl (C=O) groups is 4. The van der Waals surface area contributed by atoms with Crippen molar-refractivity contribution in [2.75, 3.05) is 0 Å². The van der Waals surface area contributed by atoms with Crippen LogP contribution in [0.5, 0.6) is 0 Å². The van der Waals surface area contributed by atoms with Crippen molar-refractivity contribution in [1.82, 2.24) is 0 Å². The van der Waals surface area contributed by atoms with E-state index in [1.807, 2.05) is 0 Å². The summed E-state index contributed by atoms with van der Waals surface area (Å²) < 4.78 is 0. The Hall–Kier alpha value is -1.57. The summed E-state index contributed by atoms with van der Waals surface area (Å²) in [5, 5.41) is 35.6. The van der Waals surface area contributed by atoms with Crippen LogP contribution in [-0.4, -0.2) is 45.8 Å². The zero-order valence-electron chi connectivity index (χ0n) is 11.8. The SMILES string of the molecule is CC(=O)[O-].CC(=O)[O-].CC(=O)[O-].CC(=O)[O-].O.O.O.O.[Ti+4]. The summed E-state index contributed by atoms with van der Waals surface area (Å²) in [6.07, 6.45) is 0. The molecular weight excluding hydrogens is 336 g/mol. The zero-order chi connectivity index (χ0) is 14.3. The van der Waals surface area contributed by atoms with Gasteiger partial charge in [0.25, 0.3) is 0 Å². The Kier molecular flexibility index (Phi) is 149. The molecule has 128 valence electrons. The van der Waals surface area contributed by atoms with Crippen molar-refractivity contribution in [2.45, 2.75) is 27.7 Å². The molecule has 0 aliphatic carbocycles. The van der Waals surface area contributed by atoms with E-state index in [0.717, 1.165) is 27.7 Å². The van der Waals surface area contributed by atoms with Gasteiger partial charge in [-0.05, 0) is 27.7 Å². The molecule has 0 heterocycles. The van der Waals surface area contributed by atoms with Crippen LogP contribution in [0.4, 0.5) is 0 Å². The summed E-state index contributed by atoms with van der Waals surface area (Å²) in [6.45, 7) is 3.89. The van der Waals surface area contributed by atoms with Gasteiger partial charge in [-0.3, -0.25) is 0 Å². The summed E-state index contributed by atoms with van der Waals surface area (Å²) in [5.41, 5.74) is 0. The van der Waals surface area contributed by atoms with Crippen LogP contribution in [0, 0.1) is 0 Å². The molecule has 0 spiro atoms. The predicted octanol–water partition coefficient (Wildman–Crippen LogP) is -8.28. The quantitative estimate of drug-likeness (QED) is 0.374. The third kappa shape index (κ3) is 2030. The molecule has 0 aliphatic heterocycles. The molecule has 12 nitrogen and oxygen atoms in total. The molecule has 8 N–H and O–H groups in total. The molecule has 0 bridgehead atoms. The number of carbonyl (C=O) groups excluding carboxylic acids is 4. The van der Waals surface area contributed by atoms with E-state index in [-0.39, 0.29) is 43.6 Å². The minimum Gasteiger partial charge on any atom is -0.550 e. The summed E-state index contributed by atoms with van der Waals surface area (Å²) in [7, 11) is 0. The van der Waals surface area contributed by atoms with E-state index in [4.69, 9.17) is 39.6 Å². The minimum absolute atomic E-state index is 0. The molecule has 0 aromatic carbocycles. The standard InChI is InChI=1S/4C2H4O2.4H2O.Ti/c4*1-2(3)4;;;;;/h4*1H3,(H,3,4);4*1H2;/q;;;;;;;;+4/p-4. The van der Waals surface area contributed by atoms with Crippen molar-refractivity contribution >= 4 is 23.9 Å². The van der Waals surface area contributed by atoms with Crippen LogP contribution in [0.1, 0.15) is 27.7 Å². The van der Waals surface area contributed by atoms with Gasteiger partial charge in [-0.15, -0.1) is 0 Å². The normalized spacial score (nSPS) is 4.76. The van der Waals surface area contributed by atoms with Crippen LogP contribution in [0.15, 0.2) is 0 Å². The maximum atomic E-state index is 8.89. The second kappa shape index (κ2) is 51.5. The first kappa shape index (κ1) is 60.7. The van der Waals surface area contributed by atoms with E-state index in [2.05, 4.69) is 0 Å². The van der Waals surface area contributed by atoms with Gasteiger partial charge in [-0.25, -0.2) is 0 Å². The molecule has 0 aromatic rings. The van der Waals surface area contributed by atoms with Crippen LogP contribution < -0.4 is 20.4 Å². The molecule has 0 saturated heterocycles. The predicted molar refractivity (Wildman–Crippen MR) is 57.2 cm³/mol. The van der Waals surface area contributed by atoms with E-state index in [9.17, 15) is 0 Å². The van der Waals surface area contributed by atoms with E-state index < -0.39 is 23.9 Å². The Morgan fingerprint density at radius 3 is 0.476 bits per heavy atom.